The van der Waals surface area contributed by atoms with Gasteiger partial charge in [-0.15, -0.1) is 0 Å². The Hall–Kier alpha value is -1.96. The normalized spacial score (nSPS) is 10.9. The average molecular weight is 255 g/mol. The quantitative estimate of drug-likeness (QED) is 0.872. The molecule has 0 atom stereocenters. The molecule has 0 saturated carbocycles. The van der Waals surface area contributed by atoms with E-state index in [0.717, 1.165) is 22.3 Å². The van der Waals surface area contributed by atoms with Gasteiger partial charge < -0.3 is 10.2 Å². The minimum Gasteiger partial charge on any atom is -0.508 e. The largest absolute Gasteiger partial charge is 0.508 e. The second-order valence-electron chi connectivity index (χ2n) is 5.25. The van der Waals surface area contributed by atoms with Gasteiger partial charge in [0.2, 0.25) is 0 Å². The van der Waals surface area contributed by atoms with Gasteiger partial charge in [0, 0.05) is 6.42 Å². The van der Waals surface area contributed by atoms with Crippen LogP contribution in [0.4, 0.5) is 0 Å². The number of rotatable bonds is 3. The van der Waals surface area contributed by atoms with Crippen molar-refractivity contribution < 1.29 is 10.2 Å². The highest BCUT2D eigenvalue weighted by Crippen LogP contribution is 2.31. The van der Waals surface area contributed by atoms with Crippen LogP contribution in [0.5, 0.6) is 11.5 Å². The van der Waals surface area contributed by atoms with Crippen molar-refractivity contribution in [2.45, 2.75) is 33.1 Å². The molecule has 0 amide bonds. The van der Waals surface area contributed by atoms with Crippen LogP contribution in [0.15, 0.2) is 30.3 Å². The fraction of sp³-hybridized carbons (Fsp3) is 0.294. The van der Waals surface area contributed by atoms with Crippen molar-refractivity contribution in [3.05, 3.63) is 58.7 Å². The van der Waals surface area contributed by atoms with Gasteiger partial charge in [-0.05, 0) is 53.8 Å². The second kappa shape index (κ2) is 5.35. The Balaban J connectivity index is 2.38. The predicted octanol–water partition coefficient (Wildman–Crippen LogP) is 3.92. The number of hydrogen-bond donors (Lipinski definition) is 2. The third-order valence-corrected chi connectivity index (χ3v) is 3.31. The van der Waals surface area contributed by atoms with Gasteiger partial charge in [0.05, 0.1) is 0 Å². The fourth-order valence-corrected chi connectivity index (χ4v) is 2.19. The fourth-order valence-electron chi connectivity index (χ4n) is 2.19. The van der Waals surface area contributed by atoms with E-state index < -0.39 is 0 Å². The molecule has 19 heavy (non-hydrogen) atoms. The Kier molecular flexibility index (Phi) is 3.79. The first kappa shape index (κ1) is 13.5. The summed E-state index contributed by atoms with van der Waals surface area (Å²) in [5.74, 6) is 0.830. The summed E-state index contributed by atoms with van der Waals surface area (Å²) >= 11 is 0. The molecule has 0 aliphatic rings. The molecule has 2 aromatic rings. The van der Waals surface area contributed by atoms with E-state index in [4.69, 9.17) is 0 Å². The molecule has 2 heteroatoms. The van der Waals surface area contributed by atoms with Crippen LogP contribution in [0.2, 0.25) is 0 Å². The van der Waals surface area contributed by atoms with E-state index in [9.17, 15) is 10.2 Å². The molecule has 2 aromatic carbocycles. The van der Waals surface area contributed by atoms with Crippen LogP contribution in [0, 0.1) is 13.0 Å². The van der Waals surface area contributed by atoms with Crippen LogP contribution >= 0.6 is 0 Å². The van der Waals surface area contributed by atoms with Crippen molar-refractivity contribution in [2.24, 2.45) is 0 Å². The maximum Gasteiger partial charge on any atom is 0.122 e. The summed E-state index contributed by atoms with van der Waals surface area (Å²) in [7, 11) is 0. The van der Waals surface area contributed by atoms with E-state index >= 15 is 0 Å². The van der Waals surface area contributed by atoms with Crippen molar-refractivity contribution in [2.75, 3.05) is 0 Å². The molecule has 0 heterocycles. The number of aryl methyl sites for hydroxylation is 1. The molecular weight excluding hydrogens is 236 g/mol. The first-order chi connectivity index (χ1) is 8.99. The molecule has 0 unspecified atom stereocenters. The van der Waals surface area contributed by atoms with Crippen LogP contribution in [-0.2, 0) is 6.42 Å². The topological polar surface area (TPSA) is 40.5 Å². The summed E-state index contributed by atoms with van der Waals surface area (Å²) in [4.78, 5) is 0. The third kappa shape index (κ3) is 2.90. The van der Waals surface area contributed by atoms with Crippen molar-refractivity contribution in [3.8, 4) is 11.5 Å². The molecule has 2 nitrogen and oxygen atoms in total. The summed E-state index contributed by atoms with van der Waals surface area (Å²) in [6.45, 7) is 6.06. The lowest BCUT2D eigenvalue weighted by atomic mass is 9.95. The molecular formula is C17H19O2. The first-order valence-electron chi connectivity index (χ1n) is 6.49. The first-order valence-corrected chi connectivity index (χ1v) is 6.49. The van der Waals surface area contributed by atoms with E-state index in [-0.39, 0.29) is 11.7 Å². The average Bonchev–Trinajstić information content (AvgIpc) is 2.36. The minimum absolute atomic E-state index is 0.252. The maximum atomic E-state index is 10.3. The number of benzene rings is 2. The Bertz CT molecular complexity index is 586. The van der Waals surface area contributed by atoms with Crippen LogP contribution in [0.1, 0.15) is 42.0 Å². The third-order valence-electron chi connectivity index (χ3n) is 3.31. The van der Waals surface area contributed by atoms with E-state index in [1.165, 1.54) is 0 Å². The lowest BCUT2D eigenvalue weighted by molar-refractivity contribution is 0.456. The zero-order valence-corrected chi connectivity index (χ0v) is 11.6. The maximum absolute atomic E-state index is 10.3. The van der Waals surface area contributed by atoms with Crippen LogP contribution in [-0.4, -0.2) is 10.2 Å². The Morgan fingerprint density at radius 2 is 1.84 bits per heavy atom. The van der Waals surface area contributed by atoms with Gasteiger partial charge in [-0.25, -0.2) is 0 Å². The monoisotopic (exact) mass is 255 g/mol. The summed E-state index contributed by atoms with van der Waals surface area (Å²) in [6.07, 6.45) is 0.510. The van der Waals surface area contributed by atoms with Gasteiger partial charge in [0.1, 0.15) is 11.5 Å². The SMILES string of the molecule is Cc1ccc(O)c(Cc2c[c]cc(C(C)C)c2O)c1. The lowest BCUT2D eigenvalue weighted by Gasteiger charge is -2.13. The molecule has 1 radical (unpaired) electrons. The molecule has 0 saturated heterocycles. The molecule has 0 aromatic heterocycles. The molecule has 2 N–H and O–H groups in total. The zero-order valence-electron chi connectivity index (χ0n) is 11.6. The number of phenolic OH excluding ortho intramolecular Hbond substituents is 2. The zero-order chi connectivity index (χ0) is 14.0. The molecule has 0 fully saturated rings. The molecule has 0 spiro atoms. The van der Waals surface area contributed by atoms with Gasteiger partial charge in [-0.2, -0.15) is 0 Å². The van der Waals surface area contributed by atoms with Crippen molar-refractivity contribution in [1.82, 2.24) is 0 Å². The summed E-state index contributed by atoms with van der Waals surface area (Å²) < 4.78 is 0. The minimum atomic E-state index is 0.252. The highest BCUT2D eigenvalue weighted by molar-refractivity contribution is 5.46. The Labute approximate surface area is 114 Å². The van der Waals surface area contributed by atoms with Gasteiger partial charge in [-0.1, -0.05) is 31.5 Å². The van der Waals surface area contributed by atoms with Crippen LogP contribution < -0.4 is 0 Å². The van der Waals surface area contributed by atoms with Gasteiger partial charge in [0.25, 0.3) is 0 Å². The van der Waals surface area contributed by atoms with Crippen molar-refractivity contribution in [1.29, 1.82) is 0 Å². The number of aromatic hydroxyl groups is 2. The lowest BCUT2D eigenvalue weighted by Crippen LogP contribution is -1.95. The van der Waals surface area contributed by atoms with Gasteiger partial charge >= 0.3 is 0 Å². The van der Waals surface area contributed by atoms with E-state index in [1.807, 2.05) is 39.0 Å². The van der Waals surface area contributed by atoms with Gasteiger partial charge in [-0.3, -0.25) is 0 Å². The Morgan fingerprint density at radius 1 is 1.11 bits per heavy atom. The molecule has 2 rings (SSSR count). The van der Waals surface area contributed by atoms with Crippen molar-refractivity contribution in [3.63, 3.8) is 0 Å². The standard InChI is InChI=1S/C17H19O2/c1-11(2)15-6-4-5-13(17(15)19)10-14-9-12(3)7-8-16(14)18/h5-9,11,18-19H,10H2,1-3H3. The molecule has 0 aliphatic heterocycles. The smallest absolute Gasteiger partial charge is 0.122 e. The summed E-state index contributed by atoms with van der Waals surface area (Å²) in [6, 6.07) is 12.2. The summed E-state index contributed by atoms with van der Waals surface area (Å²) in [5, 5.41) is 20.2. The Morgan fingerprint density at radius 3 is 2.53 bits per heavy atom. The van der Waals surface area contributed by atoms with Gasteiger partial charge in [0.15, 0.2) is 0 Å². The second-order valence-corrected chi connectivity index (χ2v) is 5.25. The molecule has 99 valence electrons. The van der Waals surface area contributed by atoms with Crippen LogP contribution in [0.25, 0.3) is 0 Å². The summed E-state index contributed by atoms with van der Waals surface area (Å²) in [5.41, 5.74) is 3.61. The molecule has 0 aliphatic carbocycles. The van der Waals surface area contributed by atoms with E-state index in [0.29, 0.717) is 12.2 Å². The molecule has 0 bridgehead atoms. The van der Waals surface area contributed by atoms with Crippen LogP contribution in [0.3, 0.4) is 0 Å². The van der Waals surface area contributed by atoms with E-state index in [1.54, 1.807) is 12.1 Å². The van der Waals surface area contributed by atoms with E-state index in [2.05, 4.69) is 6.07 Å². The highest BCUT2D eigenvalue weighted by atomic mass is 16.3. The number of hydrogen-bond acceptors (Lipinski definition) is 2. The highest BCUT2D eigenvalue weighted by Gasteiger charge is 2.12. The number of phenols is 2. The predicted molar refractivity (Wildman–Crippen MR) is 76.7 cm³/mol. The van der Waals surface area contributed by atoms with Crippen molar-refractivity contribution >= 4 is 0 Å².